The number of nitrogens with one attached hydrogen (secondary N) is 2. The first-order chi connectivity index (χ1) is 12.3. The number of alkyl halides is 3. The largest absolute Gasteiger partial charge is 0.411 e. The van der Waals surface area contributed by atoms with Gasteiger partial charge in [-0.2, -0.15) is 13.2 Å². The minimum atomic E-state index is -4.37. The number of halogens is 3. The van der Waals surface area contributed by atoms with Crippen molar-refractivity contribution in [3.63, 3.8) is 0 Å². The van der Waals surface area contributed by atoms with Gasteiger partial charge in [0.25, 0.3) is 11.8 Å². The van der Waals surface area contributed by atoms with E-state index in [1.54, 1.807) is 18.2 Å². The Balaban J connectivity index is 1.96. The average molecular weight is 366 g/mol. The van der Waals surface area contributed by atoms with Crippen LogP contribution in [0.1, 0.15) is 26.3 Å². The summed E-state index contributed by atoms with van der Waals surface area (Å²) in [5.74, 6) is -0.675. The molecule has 0 heterocycles. The van der Waals surface area contributed by atoms with Crippen LogP contribution in [0.5, 0.6) is 0 Å². The smallest absolute Gasteiger partial charge is 0.367 e. The van der Waals surface area contributed by atoms with Crippen LogP contribution in [-0.4, -0.2) is 31.6 Å². The molecule has 138 valence electrons. The maximum absolute atomic E-state index is 12.2. The van der Waals surface area contributed by atoms with Gasteiger partial charge >= 0.3 is 6.18 Å². The Hall–Kier alpha value is -2.87. The number of carbonyl (C=O) groups is 2. The van der Waals surface area contributed by atoms with E-state index in [0.717, 1.165) is 0 Å². The lowest BCUT2D eigenvalue weighted by Gasteiger charge is -2.09. The van der Waals surface area contributed by atoms with Gasteiger partial charge in [0.2, 0.25) is 0 Å². The summed E-state index contributed by atoms with van der Waals surface area (Å²) >= 11 is 0. The van der Waals surface area contributed by atoms with Gasteiger partial charge in [-0.15, -0.1) is 0 Å². The predicted octanol–water partition coefficient (Wildman–Crippen LogP) is 3.38. The summed E-state index contributed by atoms with van der Waals surface area (Å²) in [4.78, 5) is 23.8. The number of carbonyl (C=O) groups excluding carboxylic acids is 2. The van der Waals surface area contributed by atoms with Crippen molar-refractivity contribution in [3.05, 3.63) is 65.2 Å². The van der Waals surface area contributed by atoms with Gasteiger partial charge in [0.15, 0.2) is 0 Å². The highest BCUT2D eigenvalue weighted by molar-refractivity contribution is 6.05. The summed E-state index contributed by atoms with van der Waals surface area (Å²) in [5, 5.41) is 5.15. The average Bonchev–Trinajstić information content (AvgIpc) is 2.60. The number of ether oxygens (including phenoxy) is 1. The number of amides is 2. The van der Waals surface area contributed by atoms with Crippen LogP contribution < -0.4 is 10.6 Å². The van der Waals surface area contributed by atoms with Gasteiger partial charge in [0.1, 0.15) is 6.61 Å². The van der Waals surface area contributed by atoms with Crippen LogP contribution in [-0.2, 0) is 11.3 Å². The van der Waals surface area contributed by atoms with Crippen LogP contribution in [0.4, 0.5) is 18.9 Å². The summed E-state index contributed by atoms with van der Waals surface area (Å²) in [7, 11) is 1.51. The molecule has 2 amide bonds. The molecule has 0 spiro atoms. The highest BCUT2D eigenvalue weighted by atomic mass is 19.4. The monoisotopic (exact) mass is 366 g/mol. The zero-order chi connectivity index (χ0) is 19.2. The first-order valence-corrected chi connectivity index (χ1v) is 7.65. The van der Waals surface area contributed by atoms with Crippen molar-refractivity contribution >= 4 is 17.5 Å². The molecule has 0 saturated heterocycles. The molecule has 26 heavy (non-hydrogen) atoms. The Morgan fingerprint density at radius 2 is 1.69 bits per heavy atom. The molecule has 2 aromatic carbocycles. The second-order valence-electron chi connectivity index (χ2n) is 5.42. The van der Waals surface area contributed by atoms with E-state index in [2.05, 4.69) is 15.4 Å². The van der Waals surface area contributed by atoms with E-state index in [-0.39, 0.29) is 12.5 Å². The van der Waals surface area contributed by atoms with E-state index in [0.29, 0.717) is 22.4 Å². The number of anilines is 1. The van der Waals surface area contributed by atoms with Crippen LogP contribution in [0.25, 0.3) is 0 Å². The van der Waals surface area contributed by atoms with Crippen LogP contribution in [0.2, 0.25) is 0 Å². The molecule has 0 bridgehead atoms. The first kappa shape index (κ1) is 19.5. The Kier molecular flexibility index (Phi) is 6.35. The minimum absolute atomic E-state index is 0.199. The fourth-order valence-electron chi connectivity index (χ4n) is 2.12. The van der Waals surface area contributed by atoms with Gasteiger partial charge in [-0.05, 0) is 35.9 Å². The van der Waals surface area contributed by atoms with Gasteiger partial charge in [0.05, 0.1) is 6.61 Å². The van der Waals surface area contributed by atoms with E-state index in [9.17, 15) is 22.8 Å². The second kappa shape index (κ2) is 8.48. The molecule has 0 aromatic heterocycles. The minimum Gasteiger partial charge on any atom is -0.367 e. The first-order valence-electron chi connectivity index (χ1n) is 7.65. The molecule has 0 aliphatic carbocycles. The Labute approximate surface area is 148 Å². The number of hydrogen-bond donors (Lipinski definition) is 2. The lowest BCUT2D eigenvalue weighted by molar-refractivity contribution is -0.176. The fraction of sp³-hybridized carbons (Fsp3) is 0.222. The molecule has 0 fully saturated rings. The Morgan fingerprint density at radius 1 is 1.00 bits per heavy atom. The molecule has 0 aliphatic heterocycles. The maximum atomic E-state index is 12.2. The van der Waals surface area contributed by atoms with Crippen LogP contribution in [0.3, 0.4) is 0 Å². The SMILES string of the molecule is CNC(=O)c1cccc(NC(=O)c2ccc(COCC(F)(F)F)cc2)c1. The summed E-state index contributed by atoms with van der Waals surface area (Å²) in [6, 6.07) is 12.5. The van der Waals surface area contributed by atoms with E-state index >= 15 is 0 Å². The van der Waals surface area contributed by atoms with Gasteiger partial charge in [-0.3, -0.25) is 9.59 Å². The number of benzene rings is 2. The van der Waals surface area contributed by atoms with Crippen molar-refractivity contribution in [2.45, 2.75) is 12.8 Å². The molecular weight excluding hydrogens is 349 g/mol. The molecular formula is C18H17F3N2O3. The Bertz CT molecular complexity index is 774. The predicted molar refractivity (Wildman–Crippen MR) is 89.9 cm³/mol. The third kappa shape index (κ3) is 5.89. The fourth-order valence-corrected chi connectivity index (χ4v) is 2.12. The number of hydrogen-bond acceptors (Lipinski definition) is 3. The summed E-state index contributed by atoms with van der Waals surface area (Å²) in [6.45, 7) is -1.52. The quantitative estimate of drug-likeness (QED) is 0.824. The molecule has 2 N–H and O–H groups in total. The summed E-state index contributed by atoms with van der Waals surface area (Å²) in [5.41, 5.74) is 1.71. The normalized spacial score (nSPS) is 11.1. The molecule has 0 radical (unpaired) electrons. The van der Waals surface area contributed by atoms with E-state index in [4.69, 9.17) is 0 Å². The third-order valence-electron chi connectivity index (χ3n) is 3.36. The van der Waals surface area contributed by atoms with Crippen LogP contribution in [0.15, 0.2) is 48.5 Å². The van der Waals surface area contributed by atoms with Gasteiger partial charge < -0.3 is 15.4 Å². The van der Waals surface area contributed by atoms with Gasteiger partial charge in [-0.1, -0.05) is 18.2 Å². The van der Waals surface area contributed by atoms with Crippen molar-refractivity contribution in [2.24, 2.45) is 0 Å². The number of rotatable bonds is 6. The maximum Gasteiger partial charge on any atom is 0.411 e. The van der Waals surface area contributed by atoms with Crippen LogP contribution >= 0.6 is 0 Å². The summed E-state index contributed by atoms with van der Waals surface area (Å²) < 4.78 is 40.7. The molecule has 0 saturated carbocycles. The van der Waals surface area contributed by atoms with E-state index in [1.807, 2.05) is 0 Å². The zero-order valence-electron chi connectivity index (χ0n) is 13.9. The van der Waals surface area contributed by atoms with Gasteiger partial charge in [0, 0.05) is 23.9 Å². The van der Waals surface area contributed by atoms with Crippen molar-refractivity contribution in [2.75, 3.05) is 19.0 Å². The van der Waals surface area contributed by atoms with E-state index in [1.165, 1.54) is 37.4 Å². The van der Waals surface area contributed by atoms with Crippen molar-refractivity contribution < 1.29 is 27.5 Å². The molecule has 5 nitrogen and oxygen atoms in total. The van der Waals surface area contributed by atoms with Gasteiger partial charge in [-0.25, -0.2) is 0 Å². The molecule has 8 heteroatoms. The topological polar surface area (TPSA) is 67.4 Å². The Morgan fingerprint density at radius 3 is 2.31 bits per heavy atom. The lowest BCUT2D eigenvalue weighted by Crippen LogP contribution is -2.18. The molecule has 2 rings (SSSR count). The molecule has 0 aliphatic rings. The van der Waals surface area contributed by atoms with E-state index < -0.39 is 18.7 Å². The highest BCUT2D eigenvalue weighted by Crippen LogP contribution is 2.16. The highest BCUT2D eigenvalue weighted by Gasteiger charge is 2.27. The van der Waals surface area contributed by atoms with Crippen molar-refractivity contribution in [3.8, 4) is 0 Å². The zero-order valence-corrected chi connectivity index (χ0v) is 13.9. The molecule has 2 aromatic rings. The van der Waals surface area contributed by atoms with Crippen molar-refractivity contribution in [1.29, 1.82) is 0 Å². The van der Waals surface area contributed by atoms with Crippen LogP contribution in [0, 0.1) is 0 Å². The van der Waals surface area contributed by atoms with Crippen molar-refractivity contribution in [1.82, 2.24) is 5.32 Å². The third-order valence-corrected chi connectivity index (χ3v) is 3.36. The summed E-state index contributed by atoms with van der Waals surface area (Å²) in [6.07, 6.45) is -4.37. The molecule has 0 atom stereocenters. The lowest BCUT2D eigenvalue weighted by atomic mass is 10.1. The standard InChI is InChI=1S/C18H17F3N2O3/c1-22-16(24)14-3-2-4-15(9-14)23-17(25)13-7-5-12(6-8-13)10-26-11-18(19,20)21/h2-9H,10-11H2,1H3,(H,22,24)(H,23,25). The molecule has 0 unspecified atom stereocenters. The second-order valence-corrected chi connectivity index (χ2v) is 5.42.